The van der Waals surface area contributed by atoms with E-state index in [2.05, 4.69) is 193 Å². The van der Waals surface area contributed by atoms with Gasteiger partial charge < -0.3 is 9.47 Å². The molecule has 0 bridgehead atoms. The lowest BCUT2D eigenvalue weighted by Gasteiger charge is -2.42. The average molecular weight is 659 g/mol. The van der Waals surface area contributed by atoms with Gasteiger partial charge in [0.05, 0.1) is 27.1 Å². The zero-order chi connectivity index (χ0) is 33.4. The number of aromatic nitrogens is 1. The van der Waals surface area contributed by atoms with Crippen LogP contribution in [0.1, 0.15) is 25.0 Å². The van der Waals surface area contributed by atoms with E-state index in [1.54, 1.807) is 0 Å². The molecule has 0 atom stereocenters. The van der Waals surface area contributed by atoms with E-state index in [0.29, 0.717) is 0 Å². The summed E-state index contributed by atoms with van der Waals surface area (Å²) in [7, 11) is 0. The Morgan fingerprint density at radius 3 is 1.84 bits per heavy atom. The molecule has 2 aromatic heterocycles. The molecule has 3 heteroatoms. The molecule has 0 aliphatic carbocycles. The molecule has 7 aromatic carbocycles. The predicted octanol–water partition coefficient (Wildman–Crippen LogP) is 13.4. The first-order chi connectivity index (χ1) is 24.6. The molecule has 0 unspecified atom stereocenters. The lowest BCUT2D eigenvalue weighted by atomic mass is 9.73. The maximum atomic E-state index is 2.45. The van der Waals surface area contributed by atoms with Gasteiger partial charge in [0.2, 0.25) is 0 Å². The average Bonchev–Trinajstić information content (AvgIpc) is 3.70. The molecule has 0 spiro atoms. The maximum Gasteiger partial charge on any atom is 0.0727 e. The topological polar surface area (TPSA) is 8.17 Å². The molecule has 238 valence electrons. The smallest absolute Gasteiger partial charge is 0.0727 e. The van der Waals surface area contributed by atoms with E-state index < -0.39 is 0 Å². The predicted molar refractivity (Wildman–Crippen MR) is 214 cm³/mol. The summed E-state index contributed by atoms with van der Waals surface area (Å²) in [5.74, 6) is 0. The molecule has 50 heavy (non-hydrogen) atoms. The fraction of sp³-hybridized carbons (Fsp3) is 0.0638. The van der Waals surface area contributed by atoms with Crippen molar-refractivity contribution in [3.05, 3.63) is 181 Å². The molecule has 1 aliphatic heterocycles. The Morgan fingerprint density at radius 1 is 0.460 bits per heavy atom. The quantitative estimate of drug-likeness (QED) is 0.183. The van der Waals surface area contributed by atoms with Crippen molar-refractivity contribution in [1.82, 2.24) is 4.57 Å². The van der Waals surface area contributed by atoms with Crippen molar-refractivity contribution in [1.29, 1.82) is 0 Å². The van der Waals surface area contributed by atoms with Gasteiger partial charge in [-0.2, -0.15) is 0 Å². The van der Waals surface area contributed by atoms with Crippen molar-refractivity contribution in [2.75, 3.05) is 4.90 Å². The van der Waals surface area contributed by atoms with Gasteiger partial charge in [-0.1, -0.05) is 135 Å². The Morgan fingerprint density at radius 2 is 1.04 bits per heavy atom. The number of anilines is 3. The van der Waals surface area contributed by atoms with Gasteiger partial charge in [0.1, 0.15) is 0 Å². The third-order valence-electron chi connectivity index (χ3n) is 10.6. The summed E-state index contributed by atoms with van der Waals surface area (Å²) in [5, 5.41) is 2.62. The van der Waals surface area contributed by atoms with Gasteiger partial charge in [0.15, 0.2) is 0 Å². The highest BCUT2D eigenvalue weighted by Crippen LogP contribution is 2.53. The molecule has 0 radical (unpaired) electrons. The van der Waals surface area contributed by atoms with Crippen LogP contribution in [0.2, 0.25) is 0 Å². The molecule has 0 saturated heterocycles. The lowest BCUT2D eigenvalue weighted by Crippen LogP contribution is -2.30. The van der Waals surface area contributed by atoms with E-state index in [0.717, 1.165) is 5.69 Å². The van der Waals surface area contributed by atoms with Gasteiger partial charge in [-0.05, 0) is 81.9 Å². The summed E-state index contributed by atoms with van der Waals surface area (Å²) in [6.07, 6.45) is 0. The zero-order valence-electron chi connectivity index (χ0n) is 28.0. The molecule has 1 aliphatic rings. The third-order valence-corrected chi connectivity index (χ3v) is 11.8. The van der Waals surface area contributed by atoms with Crippen LogP contribution < -0.4 is 4.90 Å². The molecule has 0 saturated carbocycles. The summed E-state index contributed by atoms with van der Waals surface area (Å²) in [4.78, 5) is 2.45. The fourth-order valence-electron chi connectivity index (χ4n) is 8.10. The van der Waals surface area contributed by atoms with E-state index >= 15 is 0 Å². The minimum atomic E-state index is -0.140. The normalized spacial score (nSPS) is 13.5. The van der Waals surface area contributed by atoms with Crippen LogP contribution in [0.5, 0.6) is 0 Å². The molecule has 9 aromatic rings. The van der Waals surface area contributed by atoms with Crippen LogP contribution in [0.4, 0.5) is 17.1 Å². The van der Waals surface area contributed by atoms with Crippen LogP contribution in [0.15, 0.2) is 170 Å². The highest BCUT2D eigenvalue weighted by molar-refractivity contribution is 7.26. The number of hydrogen-bond donors (Lipinski definition) is 0. The molecular weight excluding hydrogens is 625 g/mol. The molecule has 0 amide bonds. The van der Waals surface area contributed by atoms with Crippen molar-refractivity contribution in [2.24, 2.45) is 0 Å². The fourth-order valence-corrected chi connectivity index (χ4v) is 9.32. The molecule has 3 heterocycles. The van der Waals surface area contributed by atoms with Crippen molar-refractivity contribution in [3.63, 3.8) is 0 Å². The van der Waals surface area contributed by atoms with Crippen LogP contribution in [0.3, 0.4) is 0 Å². The maximum absolute atomic E-state index is 2.45. The SMILES string of the molecule is CC1(C)c2ccccc2N(c2ccc(-c3ccccc3)cc2)c2cc(-c3ccc(-n4c5ccccc5c5sc6ccccc6c54)cc3)ccc21. The second kappa shape index (κ2) is 11.1. The minimum Gasteiger partial charge on any atom is -0.310 e. The van der Waals surface area contributed by atoms with E-state index in [1.807, 2.05) is 11.3 Å². The first-order valence-electron chi connectivity index (χ1n) is 17.3. The van der Waals surface area contributed by atoms with E-state index in [9.17, 15) is 0 Å². The van der Waals surface area contributed by atoms with Crippen molar-refractivity contribution < 1.29 is 0 Å². The van der Waals surface area contributed by atoms with Crippen LogP contribution in [-0.4, -0.2) is 4.57 Å². The monoisotopic (exact) mass is 658 g/mol. The first-order valence-corrected chi connectivity index (χ1v) is 18.1. The Balaban J connectivity index is 1.09. The lowest BCUT2D eigenvalue weighted by molar-refractivity contribution is 0.632. The number of para-hydroxylation sites is 2. The Bertz CT molecular complexity index is 2710. The van der Waals surface area contributed by atoms with Gasteiger partial charge in [0.25, 0.3) is 0 Å². The minimum absolute atomic E-state index is 0.140. The van der Waals surface area contributed by atoms with Gasteiger partial charge in [-0.3, -0.25) is 0 Å². The number of hydrogen-bond acceptors (Lipinski definition) is 2. The third kappa shape index (κ3) is 4.33. The summed E-state index contributed by atoms with van der Waals surface area (Å²) < 4.78 is 5.12. The Labute approximate surface area is 296 Å². The Hall–Kier alpha value is -5.90. The molecule has 0 fully saturated rings. The number of rotatable bonds is 4. The Kier molecular flexibility index (Phi) is 6.43. The number of benzene rings is 7. The van der Waals surface area contributed by atoms with Gasteiger partial charge in [-0.15, -0.1) is 11.3 Å². The van der Waals surface area contributed by atoms with E-state index in [1.165, 1.54) is 81.6 Å². The summed E-state index contributed by atoms with van der Waals surface area (Å²) in [5.41, 5.74) is 14.7. The number of thiophene rings is 1. The summed E-state index contributed by atoms with van der Waals surface area (Å²) in [6, 6.07) is 62.3. The summed E-state index contributed by atoms with van der Waals surface area (Å²) in [6.45, 7) is 4.70. The second-order valence-electron chi connectivity index (χ2n) is 13.8. The van der Waals surface area contributed by atoms with Gasteiger partial charge in [-0.25, -0.2) is 0 Å². The molecule has 10 rings (SSSR count). The van der Waals surface area contributed by atoms with E-state index in [-0.39, 0.29) is 5.41 Å². The largest absolute Gasteiger partial charge is 0.310 e. The van der Waals surface area contributed by atoms with Gasteiger partial charge >= 0.3 is 0 Å². The molecule has 0 N–H and O–H groups in total. The zero-order valence-corrected chi connectivity index (χ0v) is 28.8. The van der Waals surface area contributed by atoms with Crippen LogP contribution in [0.25, 0.3) is 59.1 Å². The first kappa shape index (κ1) is 29.1. The van der Waals surface area contributed by atoms with Gasteiger partial charge in [0, 0.05) is 32.3 Å². The van der Waals surface area contributed by atoms with Crippen molar-refractivity contribution in [3.8, 4) is 27.9 Å². The highest BCUT2D eigenvalue weighted by atomic mass is 32.1. The van der Waals surface area contributed by atoms with Crippen LogP contribution in [-0.2, 0) is 5.41 Å². The standard InChI is InChI=1S/C47H34N2S/c1-47(2)39-16-8-10-18-42(39)48(35-25-20-32(21-26-35)31-12-4-3-5-13-31)43-30-34(24-29-40(43)47)33-22-27-36(28-23-33)49-41-17-9-6-14-37(41)46-45(49)38-15-7-11-19-44(38)50-46/h3-30H,1-2H3. The molecule has 2 nitrogen and oxygen atoms in total. The summed E-state index contributed by atoms with van der Waals surface area (Å²) >= 11 is 1.89. The number of fused-ring (bicyclic) bond motifs is 7. The van der Waals surface area contributed by atoms with E-state index in [4.69, 9.17) is 0 Å². The van der Waals surface area contributed by atoms with Crippen LogP contribution >= 0.6 is 11.3 Å². The highest BCUT2D eigenvalue weighted by Gasteiger charge is 2.37. The van der Waals surface area contributed by atoms with Crippen molar-refractivity contribution >= 4 is 59.6 Å². The second-order valence-corrected chi connectivity index (χ2v) is 14.8. The van der Waals surface area contributed by atoms with Crippen molar-refractivity contribution in [2.45, 2.75) is 19.3 Å². The van der Waals surface area contributed by atoms with Crippen LogP contribution in [0, 0.1) is 0 Å². The number of nitrogens with zero attached hydrogens (tertiary/aromatic N) is 2. The molecular formula is C47H34N2S.